The Balaban J connectivity index is 0.00000176. The van der Waals surface area contributed by atoms with Gasteiger partial charge >= 0.3 is 5.76 Å². The summed E-state index contributed by atoms with van der Waals surface area (Å²) in [6.07, 6.45) is 0.350. The van der Waals surface area contributed by atoms with Gasteiger partial charge < -0.3 is 19.8 Å². The van der Waals surface area contributed by atoms with Crippen molar-refractivity contribution < 1.29 is 13.9 Å². The Labute approximate surface area is 133 Å². The molecule has 0 aliphatic carbocycles. The largest absolute Gasteiger partial charge is 0.419 e. The zero-order chi connectivity index (χ0) is 14.8. The first kappa shape index (κ1) is 16.5. The molecule has 1 fully saturated rings. The molecule has 1 saturated heterocycles. The molecule has 0 saturated carbocycles. The SMILES string of the molecule is Cl.Cn1c(=O)oc2ccc(NC(=O)CC3COCCN3)cc21. The van der Waals surface area contributed by atoms with Crippen LogP contribution in [-0.2, 0) is 16.6 Å². The fourth-order valence-corrected chi connectivity index (χ4v) is 2.39. The maximum Gasteiger partial charge on any atom is 0.419 e. The lowest BCUT2D eigenvalue weighted by Crippen LogP contribution is -2.43. The Bertz CT molecular complexity index is 718. The van der Waals surface area contributed by atoms with E-state index in [0.29, 0.717) is 36.4 Å². The fraction of sp³-hybridized carbons (Fsp3) is 0.429. The van der Waals surface area contributed by atoms with Crippen LogP contribution in [0.3, 0.4) is 0 Å². The maximum absolute atomic E-state index is 12.0. The first-order chi connectivity index (χ1) is 10.1. The van der Waals surface area contributed by atoms with E-state index in [0.717, 1.165) is 6.54 Å². The third kappa shape index (κ3) is 3.49. The number of hydrogen-bond donors (Lipinski definition) is 2. The van der Waals surface area contributed by atoms with E-state index in [1.54, 1.807) is 25.2 Å². The van der Waals surface area contributed by atoms with E-state index >= 15 is 0 Å². The summed E-state index contributed by atoms with van der Waals surface area (Å²) in [4.78, 5) is 23.4. The molecule has 1 aromatic carbocycles. The van der Waals surface area contributed by atoms with Gasteiger partial charge in [-0.15, -0.1) is 12.4 Å². The summed E-state index contributed by atoms with van der Waals surface area (Å²) < 4.78 is 11.8. The minimum atomic E-state index is -0.419. The van der Waals surface area contributed by atoms with Gasteiger partial charge in [0.25, 0.3) is 0 Å². The molecule has 0 spiro atoms. The number of halogens is 1. The number of benzene rings is 1. The number of rotatable bonds is 3. The van der Waals surface area contributed by atoms with Crippen LogP contribution < -0.4 is 16.4 Å². The molecule has 22 heavy (non-hydrogen) atoms. The Hall–Kier alpha value is -1.83. The average Bonchev–Trinajstić information content (AvgIpc) is 2.75. The number of nitrogens with zero attached hydrogens (tertiary/aromatic N) is 1. The number of oxazole rings is 1. The summed E-state index contributed by atoms with van der Waals surface area (Å²) in [7, 11) is 1.63. The molecule has 8 heteroatoms. The summed E-state index contributed by atoms with van der Waals surface area (Å²) in [5, 5.41) is 6.06. The van der Waals surface area contributed by atoms with Gasteiger partial charge in [0, 0.05) is 31.7 Å². The van der Waals surface area contributed by atoms with E-state index in [-0.39, 0.29) is 24.4 Å². The number of amides is 1. The highest BCUT2D eigenvalue weighted by molar-refractivity contribution is 5.93. The standard InChI is InChI=1S/C14H17N3O4.ClH/c1-17-11-6-9(2-3-12(11)21-14(17)19)16-13(18)7-10-8-20-5-4-15-10;/h2-3,6,10,15H,4-5,7-8H2,1H3,(H,16,18);1H. The van der Waals surface area contributed by atoms with Gasteiger partial charge in [0.1, 0.15) is 0 Å². The van der Waals surface area contributed by atoms with E-state index in [4.69, 9.17) is 9.15 Å². The molecule has 1 aliphatic heterocycles. The molecule has 1 atom stereocenters. The summed E-state index contributed by atoms with van der Waals surface area (Å²) in [5.41, 5.74) is 1.79. The van der Waals surface area contributed by atoms with Crippen molar-refractivity contribution in [1.82, 2.24) is 9.88 Å². The first-order valence-electron chi connectivity index (χ1n) is 6.84. The van der Waals surface area contributed by atoms with Crippen molar-refractivity contribution in [3.63, 3.8) is 0 Å². The molecule has 0 bridgehead atoms. The van der Waals surface area contributed by atoms with E-state index in [1.165, 1.54) is 4.57 Å². The molecule has 3 rings (SSSR count). The Kier molecular flexibility index (Phi) is 5.23. The van der Waals surface area contributed by atoms with Crippen LogP contribution in [-0.4, -0.2) is 36.3 Å². The molecular formula is C14H18ClN3O4. The minimum Gasteiger partial charge on any atom is -0.408 e. The minimum absolute atomic E-state index is 0. The number of aryl methyl sites for hydroxylation is 1. The molecule has 7 nitrogen and oxygen atoms in total. The molecule has 1 unspecified atom stereocenters. The maximum atomic E-state index is 12.0. The Morgan fingerprint density at radius 2 is 2.32 bits per heavy atom. The van der Waals surface area contributed by atoms with Crippen LogP contribution in [0.4, 0.5) is 5.69 Å². The Morgan fingerprint density at radius 1 is 1.50 bits per heavy atom. The monoisotopic (exact) mass is 327 g/mol. The van der Waals surface area contributed by atoms with Crippen LogP contribution >= 0.6 is 12.4 Å². The van der Waals surface area contributed by atoms with Crippen molar-refractivity contribution in [3.05, 3.63) is 28.7 Å². The van der Waals surface area contributed by atoms with Gasteiger partial charge in [0.05, 0.1) is 18.7 Å². The van der Waals surface area contributed by atoms with E-state index < -0.39 is 5.76 Å². The van der Waals surface area contributed by atoms with Gasteiger partial charge in [-0.2, -0.15) is 0 Å². The molecule has 1 aliphatic rings. The molecule has 0 radical (unpaired) electrons. The van der Waals surface area contributed by atoms with Crippen molar-refractivity contribution in [3.8, 4) is 0 Å². The lowest BCUT2D eigenvalue weighted by Gasteiger charge is -2.23. The van der Waals surface area contributed by atoms with Crippen LogP contribution in [0, 0.1) is 0 Å². The molecule has 120 valence electrons. The summed E-state index contributed by atoms with van der Waals surface area (Å²) >= 11 is 0. The second-order valence-corrected chi connectivity index (χ2v) is 5.09. The number of aromatic nitrogens is 1. The van der Waals surface area contributed by atoms with Crippen LogP contribution in [0.25, 0.3) is 11.1 Å². The van der Waals surface area contributed by atoms with E-state index in [9.17, 15) is 9.59 Å². The molecule has 2 N–H and O–H groups in total. The number of hydrogen-bond acceptors (Lipinski definition) is 5. The zero-order valence-electron chi connectivity index (χ0n) is 12.1. The van der Waals surface area contributed by atoms with Gasteiger partial charge in [0.15, 0.2) is 5.58 Å². The van der Waals surface area contributed by atoms with Crippen molar-refractivity contribution in [2.24, 2.45) is 7.05 Å². The van der Waals surface area contributed by atoms with Crippen LogP contribution in [0.5, 0.6) is 0 Å². The van der Waals surface area contributed by atoms with Crippen molar-refractivity contribution in [2.45, 2.75) is 12.5 Å². The van der Waals surface area contributed by atoms with Crippen molar-refractivity contribution >= 4 is 35.1 Å². The zero-order valence-corrected chi connectivity index (χ0v) is 12.9. The lowest BCUT2D eigenvalue weighted by molar-refractivity contribution is -0.117. The number of ether oxygens (including phenoxy) is 1. The normalized spacial score (nSPS) is 18.0. The van der Waals surface area contributed by atoms with Gasteiger partial charge in [-0.1, -0.05) is 0 Å². The smallest absolute Gasteiger partial charge is 0.408 e. The summed E-state index contributed by atoms with van der Waals surface area (Å²) in [6, 6.07) is 5.16. The predicted molar refractivity (Wildman–Crippen MR) is 84.6 cm³/mol. The molecular weight excluding hydrogens is 310 g/mol. The van der Waals surface area contributed by atoms with Crippen molar-refractivity contribution in [2.75, 3.05) is 25.1 Å². The van der Waals surface area contributed by atoms with Crippen LogP contribution in [0.1, 0.15) is 6.42 Å². The predicted octanol–water partition coefficient (Wildman–Crippen LogP) is 0.870. The third-order valence-corrected chi connectivity index (χ3v) is 3.51. The number of morpholine rings is 1. The highest BCUT2D eigenvalue weighted by Gasteiger charge is 2.17. The number of anilines is 1. The highest BCUT2D eigenvalue weighted by Crippen LogP contribution is 2.18. The van der Waals surface area contributed by atoms with Gasteiger partial charge in [-0.05, 0) is 18.2 Å². The highest BCUT2D eigenvalue weighted by atomic mass is 35.5. The molecule has 1 amide bonds. The third-order valence-electron chi connectivity index (χ3n) is 3.51. The quantitative estimate of drug-likeness (QED) is 0.873. The number of carbonyl (C=O) groups is 1. The topological polar surface area (TPSA) is 85.5 Å². The first-order valence-corrected chi connectivity index (χ1v) is 6.84. The molecule has 2 aromatic rings. The van der Waals surface area contributed by atoms with Crippen LogP contribution in [0.2, 0.25) is 0 Å². The van der Waals surface area contributed by atoms with Crippen molar-refractivity contribution in [1.29, 1.82) is 0 Å². The molecule has 2 heterocycles. The summed E-state index contributed by atoms with van der Waals surface area (Å²) in [6.45, 7) is 1.99. The number of fused-ring (bicyclic) bond motifs is 1. The van der Waals surface area contributed by atoms with E-state index in [2.05, 4.69) is 10.6 Å². The molecule has 1 aromatic heterocycles. The second kappa shape index (κ2) is 6.95. The van der Waals surface area contributed by atoms with Crippen LogP contribution in [0.15, 0.2) is 27.4 Å². The Morgan fingerprint density at radius 3 is 3.05 bits per heavy atom. The van der Waals surface area contributed by atoms with E-state index in [1.807, 2.05) is 0 Å². The number of carbonyl (C=O) groups excluding carboxylic acids is 1. The second-order valence-electron chi connectivity index (χ2n) is 5.09. The van der Waals surface area contributed by atoms with Gasteiger partial charge in [-0.25, -0.2) is 4.79 Å². The van der Waals surface area contributed by atoms with Gasteiger partial charge in [-0.3, -0.25) is 9.36 Å². The average molecular weight is 328 g/mol. The summed E-state index contributed by atoms with van der Waals surface area (Å²) in [5.74, 6) is -0.511. The van der Waals surface area contributed by atoms with Gasteiger partial charge in [0.2, 0.25) is 5.91 Å². The fourth-order valence-electron chi connectivity index (χ4n) is 2.39. The lowest BCUT2D eigenvalue weighted by atomic mass is 10.2. The number of nitrogens with one attached hydrogen (secondary N) is 2.